The number of carbonyl (C=O) groups is 4. The summed E-state index contributed by atoms with van der Waals surface area (Å²) in [5, 5.41) is 7.24. The number of nitrogens with one attached hydrogen (secondary N) is 2. The van der Waals surface area contributed by atoms with E-state index in [1.54, 1.807) is 25.6 Å². The maximum absolute atomic E-state index is 13.3. The summed E-state index contributed by atoms with van der Waals surface area (Å²) >= 11 is 0. The van der Waals surface area contributed by atoms with Gasteiger partial charge < -0.3 is 38.4 Å². The molecule has 4 aromatic heterocycles. The number of imidazole rings is 1. The van der Waals surface area contributed by atoms with Gasteiger partial charge in [0, 0.05) is 68.6 Å². The number of para-hydroxylation sites is 3. The third-order valence-corrected chi connectivity index (χ3v) is 14.1. The zero-order valence-corrected chi connectivity index (χ0v) is 45.6. The quantitative estimate of drug-likeness (QED) is 0.0486. The summed E-state index contributed by atoms with van der Waals surface area (Å²) in [5.41, 5.74) is 5.93. The molecule has 1 aliphatic rings. The number of pyridine rings is 1. The van der Waals surface area contributed by atoms with Crippen molar-refractivity contribution in [2.24, 2.45) is 0 Å². The number of amides is 2. The van der Waals surface area contributed by atoms with E-state index in [1.807, 2.05) is 118 Å². The van der Waals surface area contributed by atoms with Crippen LogP contribution in [0.4, 0.5) is 5.69 Å². The highest BCUT2D eigenvalue weighted by molar-refractivity contribution is 5.95. The lowest BCUT2D eigenvalue weighted by atomic mass is 10.0. The van der Waals surface area contributed by atoms with Crippen LogP contribution in [0.2, 0.25) is 0 Å². The van der Waals surface area contributed by atoms with Gasteiger partial charge in [-0.2, -0.15) is 0 Å². The first kappa shape index (κ1) is 56.1. The molecule has 16 nitrogen and oxygen atoms in total. The number of unbranched alkanes of at least 4 members (excludes halogenated alkanes) is 4. The molecule has 2 amide bonds. The molecule has 408 valence electrons. The molecule has 16 heteroatoms. The maximum Gasteiger partial charge on any atom is 0.252 e. The molecule has 0 radical (unpaired) electrons. The predicted molar refractivity (Wildman–Crippen MR) is 303 cm³/mol. The third kappa shape index (κ3) is 14.7. The molecule has 2 N–H and O–H groups in total. The Hall–Kier alpha value is -8.14. The fourth-order valence-corrected chi connectivity index (χ4v) is 9.62. The van der Waals surface area contributed by atoms with Crippen LogP contribution in [0.15, 0.2) is 124 Å². The monoisotopic (exact) mass is 1060 g/mol. The fraction of sp³-hybridized carbons (Fsp3) is 0.387. The maximum atomic E-state index is 13.3. The van der Waals surface area contributed by atoms with Gasteiger partial charge in [0.1, 0.15) is 41.8 Å². The topological polar surface area (TPSA) is 197 Å². The Labute approximate surface area is 456 Å². The summed E-state index contributed by atoms with van der Waals surface area (Å²) in [6.07, 6.45) is 13.2. The van der Waals surface area contributed by atoms with E-state index in [-0.39, 0.29) is 29.4 Å². The number of nitrogens with zero attached hydrogens (tertiary/aromatic N) is 6. The highest BCUT2D eigenvalue weighted by atomic mass is 16.5. The molecule has 4 aromatic carbocycles. The van der Waals surface area contributed by atoms with Gasteiger partial charge in [-0.25, -0.2) is 19.9 Å². The Morgan fingerprint density at radius 3 is 2.01 bits per heavy atom. The molecular formula is C62H72N8O8. The average molecular weight is 1060 g/mol. The third-order valence-electron chi connectivity index (χ3n) is 14.1. The number of ether oxygens (including phenoxy) is 2. The van der Waals surface area contributed by atoms with Crippen LogP contribution < -0.4 is 25.0 Å². The van der Waals surface area contributed by atoms with Gasteiger partial charge in [-0.15, -0.1) is 0 Å². The lowest BCUT2D eigenvalue weighted by Gasteiger charge is -2.28. The number of benzene rings is 4. The van der Waals surface area contributed by atoms with Crippen LogP contribution in [-0.4, -0.2) is 75.2 Å². The van der Waals surface area contributed by atoms with Gasteiger partial charge in [-0.3, -0.25) is 19.2 Å². The smallest absolute Gasteiger partial charge is 0.252 e. The number of oxazole rings is 2. The SMILES string of the molecule is CCC(=O)CCCCC[C@H](NC(=O)CCn1c(CC)nc2ccccc21)c1ncc(-c2cc3ccccc3nc2OC)o1.CCC(=O)CCCCC[C@H](NC(=O)c1ccc2c(c1)OCCN2C)c1ncc(-c2ccccc2)o1. The first-order valence-corrected chi connectivity index (χ1v) is 27.5. The van der Waals surface area contributed by atoms with E-state index >= 15 is 0 Å². The van der Waals surface area contributed by atoms with Crippen LogP contribution in [0.25, 0.3) is 44.6 Å². The molecule has 9 rings (SSSR count). The number of likely N-dealkylation sites (N-methyl/N-ethyl adjacent to an activating group) is 1. The Bertz CT molecular complexity index is 3270. The van der Waals surface area contributed by atoms with Gasteiger partial charge in [-0.05, 0) is 68.1 Å². The zero-order chi connectivity index (χ0) is 54.8. The molecule has 1 aliphatic heterocycles. The highest BCUT2D eigenvalue weighted by Crippen LogP contribution is 2.35. The number of methoxy groups -OCH3 is 1. The fourth-order valence-electron chi connectivity index (χ4n) is 9.62. The van der Waals surface area contributed by atoms with Gasteiger partial charge in [-0.1, -0.05) is 107 Å². The number of anilines is 1. The van der Waals surface area contributed by atoms with E-state index in [9.17, 15) is 19.2 Å². The van der Waals surface area contributed by atoms with E-state index in [4.69, 9.17) is 23.3 Å². The summed E-state index contributed by atoms with van der Waals surface area (Å²) in [6.45, 7) is 7.80. The molecule has 8 aromatic rings. The molecule has 5 heterocycles. The number of Topliss-reactive ketones (excluding diaryl/α,β-unsaturated/α-hetero) is 2. The van der Waals surface area contributed by atoms with Crippen LogP contribution in [0, 0.1) is 0 Å². The van der Waals surface area contributed by atoms with Crippen molar-refractivity contribution < 1.29 is 37.5 Å². The van der Waals surface area contributed by atoms with E-state index < -0.39 is 6.04 Å². The highest BCUT2D eigenvalue weighted by Gasteiger charge is 2.25. The van der Waals surface area contributed by atoms with Gasteiger partial charge in [0.25, 0.3) is 5.91 Å². The molecule has 0 bridgehead atoms. The molecule has 2 atom stereocenters. The molecule has 0 unspecified atom stereocenters. The van der Waals surface area contributed by atoms with Crippen molar-refractivity contribution in [3.05, 3.63) is 139 Å². The van der Waals surface area contributed by atoms with Crippen LogP contribution in [-0.2, 0) is 27.3 Å². The number of hydrogen-bond donors (Lipinski definition) is 2. The largest absolute Gasteiger partial charge is 0.490 e. The second-order valence-corrected chi connectivity index (χ2v) is 19.6. The Morgan fingerprint density at radius 2 is 1.32 bits per heavy atom. The number of hydrogen-bond acceptors (Lipinski definition) is 13. The summed E-state index contributed by atoms with van der Waals surface area (Å²) in [6, 6.07) is 32.3. The minimum atomic E-state index is -0.410. The van der Waals surface area contributed by atoms with Crippen LogP contribution in [0.1, 0.15) is 144 Å². The van der Waals surface area contributed by atoms with Crippen LogP contribution >= 0.6 is 0 Å². The zero-order valence-electron chi connectivity index (χ0n) is 45.6. The minimum Gasteiger partial charge on any atom is -0.490 e. The summed E-state index contributed by atoms with van der Waals surface area (Å²) in [5.74, 6) is 4.51. The first-order valence-electron chi connectivity index (χ1n) is 27.5. The van der Waals surface area contributed by atoms with Crippen LogP contribution in [0.5, 0.6) is 11.6 Å². The molecular weight excluding hydrogens is 985 g/mol. The molecule has 78 heavy (non-hydrogen) atoms. The summed E-state index contributed by atoms with van der Waals surface area (Å²) < 4.78 is 25.8. The minimum absolute atomic E-state index is 0.0873. The molecule has 0 fully saturated rings. The van der Waals surface area contributed by atoms with E-state index in [1.165, 1.54) is 0 Å². The number of aromatic nitrogens is 5. The van der Waals surface area contributed by atoms with Crippen molar-refractivity contribution in [2.45, 2.75) is 129 Å². The molecule has 0 saturated carbocycles. The van der Waals surface area contributed by atoms with Crippen molar-refractivity contribution in [3.63, 3.8) is 0 Å². The number of aryl methyl sites for hydroxylation is 2. The number of ketones is 2. The van der Waals surface area contributed by atoms with Gasteiger partial charge in [0.2, 0.25) is 23.6 Å². The summed E-state index contributed by atoms with van der Waals surface area (Å²) in [4.78, 5) is 70.4. The predicted octanol–water partition coefficient (Wildman–Crippen LogP) is 12.6. The second kappa shape index (κ2) is 27.8. The molecule has 0 spiro atoms. The van der Waals surface area contributed by atoms with Crippen LogP contribution in [0.3, 0.4) is 0 Å². The van der Waals surface area contributed by atoms with Crippen molar-refractivity contribution in [1.82, 2.24) is 35.1 Å². The van der Waals surface area contributed by atoms with Gasteiger partial charge in [0.05, 0.1) is 53.8 Å². The Balaban J connectivity index is 0.000000210. The van der Waals surface area contributed by atoms with Crippen molar-refractivity contribution >= 4 is 51.0 Å². The standard InChI is InChI=1S/C34H39N5O4.C28H33N3O4/c1-4-24(40)14-7-6-8-17-28(37-32(41)19-20-39-29-18-12-11-16-27(29)36-31(39)5-2)34-35-22-30(43-34)25-21-23-13-9-10-15-26(23)38-33(25)42-3;1-3-22(32)12-8-5-9-13-23(28-29-19-26(35-28)20-10-6-4-7-11-20)30-27(33)21-14-15-24-25(18-21)34-17-16-31(24)2/h9-13,15-16,18,21-22,28H,4-8,14,17,19-20H2,1-3H3,(H,37,41);4,6-7,10-11,14-15,18-19,23H,3,5,8-9,12-13,16-17H2,1-2H3,(H,30,33)/t28-;23-/m00/s1. The molecule has 0 aliphatic carbocycles. The van der Waals surface area contributed by atoms with E-state index in [0.717, 1.165) is 90.5 Å². The lowest BCUT2D eigenvalue weighted by molar-refractivity contribution is -0.122. The van der Waals surface area contributed by atoms with Gasteiger partial charge in [0.15, 0.2) is 11.5 Å². The Morgan fingerprint density at radius 1 is 0.679 bits per heavy atom. The van der Waals surface area contributed by atoms with Gasteiger partial charge >= 0.3 is 0 Å². The van der Waals surface area contributed by atoms with E-state index in [2.05, 4.69) is 42.0 Å². The molecule has 0 saturated heterocycles. The first-order chi connectivity index (χ1) is 38.0. The summed E-state index contributed by atoms with van der Waals surface area (Å²) in [7, 11) is 3.59. The Kier molecular flexibility index (Phi) is 20.0. The number of carbonyl (C=O) groups excluding carboxylic acids is 4. The van der Waals surface area contributed by atoms with E-state index in [0.29, 0.717) is 104 Å². The van der Waals surface area contributed by atoms with Crippen molar-refractivity contribution in [1.29, 1.82) is 0 Å². The normalized spacial score (nSPS) is 12.8. The van der Waals surface area contributed by atoms with Crippen molar-refractivity contribution in [3.8, 4) is 34.3 Å². The average Bonchev–Trinajstić information content (AvgIpc) is 4.27. The van der Waals surface area contributed by atoms with Crippen molar-refractivity contribution in [2.75, 3.05) is 32.2 Å². The lowest BCUT2D eigenvalue weighted by Crippen LogP contribution is -2.31. The number of rotatable bonds is 26. The second-order valence-electron chi connectivity index (χ2n) is 19.6. The number of fused-ring (bicyclic) bond motifs is 3.